The van der Waals surface area contributed by atoms with Crippen LogP contribution in [0.5, 0.6) is 0 Å². The van der Waals surface area contributed by atoms with Gasteiger partial charge in [-0.25, -0.2) is 0 Å². The first-order valence-corrected chi connectivity index (χ1v) is 11.0. The van der Waals surface area contributed by atoms with E-state index in [9.17, 15) is 9.59 Å². The molecule has 0 aliphatic heterocycles. The molecule has 1 saturated carbocycles. The molecule has 0 bridgehead atoms. The average molecular weight is 445 g/mol. The Morgan fingerprint density at radius 3 is 2.63 bits per heavy atom. The highest BCUT2D eigenvalue weighted by molar-refractivity contribution is 7.03. The van der Waals surface area contributed by atoms with E-state index < -0.39 is 6.04 Å². The number of hydrogen-bond donors (Lipinski definition) is 1. The van der Waals surface area contributed by atoms with E-state index in [0.717, 1.165) is 42.8 Å². The normalized spacial score (nSPS) is 15.1. The molecular formula is C21H21ClN4O3S. The smallest absolute Gasteiger partial charge is 0.276 e. The minimum Gasteiger partial charge on any atom is -0.467 e. The van der Waals surface area contributed by atoms with Crippen LogP contribution in [0.4, 0.5) is 0 Å². The Kier molecular flexibility index (Phi) is 6.44. The Labute approximate surface area is 183 Å². The van der Waals surface area contributed by atoms with E-state index in [2.05, 4.69) is 14.9 Å². The fraction of sp³-hybridized carbons (Fsp3) is 0.333. The van der Waals surface area contributed by atoms with Crippen molar-refractivity contribution in [1.82, 2.24) is 19.8 Å². The molecule has 1 aromatic carbocycles. The number of carbonyl (C=O) groups is 2. The van der Waals surface area contributed by atoms with Crippen molar-refractivity contribution in [3.63, 3.8) is 0 Å². The van der Waals surface area contributed by atoms with Crippen LogP contribution < -0.4 is 5.32 Å². The first kappa shape index (κ1) is 20.6. The molecule has 0 spiro atoms. The van der Waals surface area contributed by atoms with Crippen LogP contribution in [0.15, 0.2) is 52.5 Å². The topological polar surface area (TPSA) is 88.3 Å². The first-order chi connectivity index (χ1) is 14.6. The summed E-state index contributed by atoms with van der Waals surface area (Å²) in [7, 11) is 0. The van der Waals surface area contributed by atoms with Crippen LogP contribution in [0, 0.1) is 0 Å². The summed E-state index contributed by atoms with van der Waals surface area (Å²) in [4.78, 5) is 28.2. The molecule has 156 valence electrons. The molecule has 2 amide bonds. The maximum absolute atomic E-state index is 13.3. The minimum absolute atomic E-state index is 0.114. The number of hydrogen-bond acceptors (Lipinski definition) is 6. The Balaban J connectivity index is 1.68. The van der Waals surface area contributed by atoms with Crippen molar-refractivity contribution in [1.29, 1.82) is 0 Å². The van der Waals surface area contributed by atoms with Crippen LogP contribution in [0.2, 0.25) is 5.02 Å². The van der Waals surface area contributed by atoms with Crippen LogP contribution in [0.3, 0.4) is 0 Å². The zero-order valence-electron chi connectivity index (χ0n) is 16.2. The average Bonchev–Trinajstić information content (AvgIpc) is 3.52. The SMILES string of the molecule is O=C(NC1CCCC1)C(c1ccco1)N(Cc1ccc(Cl)cc1)C(=O)c1csnn1. The number of halogens is 1. The lowest BCUT2D eigenvalue weighted by Crippen LogP contribution is -2.45. The number of carbonyl (C=O) groups excluding carboxylic acids is 2. The van der Waals surface area contributed by atoms with Crippen molar-refractivity contribution in [3.05, 3.63) is 70.1 Å². The molecule has 0 radical (unpaired) electrons. The minimum atomic E-state index is -0.925. The van der Waals surface area contributed by atoms with Gasteiger partial charge >= 0.3 is 0 Å². The third-order valence-corrected chi connectivity index (χ3v) is 5.94. The summed E-state index contributed by atoms with van der Waals surface area (Å²) in [5.74, 6) is -0.250. The van der Waals surface area contributed by atoms with Crippen molar-refractivity contribution in [2.75, 3.05) is 0 Å². The van der Waals surface area contributed by atoms with Crippen molar-refractivity contribution < 1.29 is 14.0 Å². The van der Waals surface area contributed by atoms with E-state index in [1.54, 1.807) is 29.6 Å². The summed E-state index contributed by atoms with van der Waals surface area (Å²) in [6.07, 6.45) is 5.57. The number of nitrogens with zero attached hydrogens (tertiary/aromatic N) is 3. The molecule has 1 unspecified atom stereocenters. The molecule has 9 heteroatoms. The number of nitrogens with one attached hydrogen (secondary N) is 1. The predicted octanol–water partition coefficient (Wildman–Crippen LogP) is 4.23. The lowest BCUT2D eigenvalue weighted by molar-refractivity contribution is -0.127. The molecule has 2 heterocycles. The number of furan rings is 1. The van der Waals surface area contributed by atoms with Gasteiger partial charge in [-0.15, -0.1) is 5.10 Å². The standard InChI is InChI=1S/C21H21ClN4O3S/c22-15-9-7-14(8-10-15)12-26(21(28)17-13-30-25-24-17)19(18-6-3-11-29-18)20(27)23-16-4-1-2-5-16/h3,6-11,13,16,19H,1-2,4-5,12H2,(H,23,27). The second-order valence-electron chi connectivity index (χ2n) is 7.26. The predicted molar refractivity (Wildman–Crippen MR) is 113 cm³/mol. The summed E-state index contributed by atoms with van der Waals surface area (Å²) in [5, 5.41) is 9.18. The van der Waals surface area contributed by atoms with Crippen LogP contribution in [0.25, 0.3) is 0 Å². The van der Waals surface area contributed by atoms with Gasteiger partial charge in [0.25, 0.3) is 11.8 Å². The Morgan fingerprint density at radius 1 is 1.23 bits per heavy atom. The van der Waals surface area contributed by atoms with Gasteiger partial charge in [0.15, 0.2) is 11.7 Å². The monoisotopic (exact) mass is 444 g/mol. The summed E-state index contributed by atoms with van der Waals surface area (Å²) in [6, 6.07) is 9.77. The third kappa shape index (κ3) is 4.71. The fourth-order valence-corrected chi connectivity index (χ4v) is 4.25. The van der Waals surface area contributed by atoms with Gasteiger partial charge in [0.1, 0.15) is 5.76 Å². The molecule has 1 fully saturated rings. The lowest BCUT2D eigenvalue weighted by Gasteiger charge is -2.30. The molecule has 1 N–H and O–H groups in total. The highest BCUT2D eigenvalue weighted by atomic mass is 35.5. The van der Waals surface area contributed by atoms with Gasteiger partial charge in [-0.1, -0.05) is 41.1 Å². The van der Waals surface area contributed by atoms with E-state index in [1.807, 2.05) is 12.1 Å². The maximum Gasteiger partial charge on any atom is 0.276 e. The van der Waals surface area contributed by atoms with E-state index in [4.69, 9.17) is 16.0 Å². The quantitative estimate of drug-likeness (QED) is 0.589. The van der Waals surface area contributed by atoms with Gasteiger partial charge in [0.2, 0.25) is 0 Å². The van der Waals surface area contributed by atoms with Crippen molar-refractivity contribution >= 4 is 34.9 Å². The summed E-state index contributed by atoms with van der Waals surface area (Å²) in [5.41, 5.74) is 1.03. The number of aromatic nitrogens is 2. The molecule has 30 heavy (non-hydrogen) atoms. The Bertz CT molecular complexity index is 970. The van der Waals surface area contributed by atoms with E-state index in [-0.39, 0.29) is 30.1 Å². The zero-order valence-corrected chi connectivity index (χ0v) is 17.7. The Hall–Kier alpha value is -2.71. The van der Waals surface area contributed by atoms with Crippen molar-refractivity contribution in [3.8, 4) is 0 Å². The molecule has 2 aromatic heterocycles. The third-order valence-electron chi connectivity index (χ3n) is 5.18. The number of benzene rings is 1. The summed E-state index contributed by atoms with van der Waals surface area (Å²) < 4.78 is 9.37. The lowest BCUT2D eigenvalue weighted by atomic mass is 10.1. The van der Waals surface area contributed by atoms with E-state index >= 15 is 0 Å². The fourth-order valence-electron chi connectivity index (χ4n) is 3.69. The molecule has 1 atom stereocenters. The maximum atomic E-state index is 13.3. The zero-order chi connectivity index (χ0) is 20.9. The second kappa shape index (κ2) is 9.40. The van der Waals surface area contributed by atoms with Gasteiger partial charge in [0.05, 0.1) is 6.26 Å². The van der Waals surface area contributed by atoms with E-state index in [0.29, 0.717) is 10.8 Å². The molecule has 1 aliphatic carbocycles. The van der Waals surface area contributed by atoms with Crippen LogP contribution in [-0.4, -0.2) is 32.3 Å². The Morgan fingerprint density at radius 2 is 2.00 bits per heavy atom. The molecule has 4 rings (SSSR count). The van der Waals surface area contributed by atoms with Crippen LogP contribution in [0.1, 0.15) is 53.5 Å². The van der Waals surface area contributed by atoms with Gasteiger partial charge in [-0.2, -0.15) is 0 Å². The summed E-state index contributed by atoms with van der Waals surface area (Å²) in [6.45, 7) is 0.191. The highest BCUT2D eigenvalue weighted by Crippen LogP contribution is 2.28. The number of rotatable bonds is 7. The molecular weight excluding hydrogens is 424 g/mol. The van der Waals surface area contributed by atoms with Crippen LogP contribution >= 0.6 is 23.1 Å². The number of amides is 2. The molecule has 0 saturated heterocycles. The van der Waals surface area contributed by atoms with Gasteiger partial charge in [-0.05, 0) is 54.2 Å². The highest BCUT2D eigenvalue weighted by Gasteiger charge is 2.36. The van der Waals surface area contributed by atoms with Gasteiger partial charge < -0.3 is 14.6 Å². The van der Waals surface area contributed by atoms with Crippen LogP contribution in [-0.2, 0) is 11.3 Å². The molecule has 1 aliphatic rings. The summed E-state index contributed by atoms with van der Waals surface area (Å²) >= 11 is 7.09. The molecule has 3 aromatic rings. The van der Waals surface area contributed by atoms with Gasteiger partial charge in [-0.3, -0.25) is 9.59 Å². The second-order valence-corrected chi connectivity index (χ2v) is 8.30. The first-order valence-electron chi connectivity index (χ1n) is 9.78. The largest absolute Gasteiger partial charge is 0.467 e. The van der Waals surface area contributed by atoms with Crippen molar-refractivity contribution in [2.45, 2.75) is 44.3 Å². The molecule has 7 nitrogen and oxygen atoms in total. The van der Waals surface area contributed by atoms with Gasteiger partial charge in [0, 0.05) is 23.0 Å². The van der Waals surface area contributed by atoms with Crippen molar-refractivity contribution in [2.24, 2.45) is 0 Å². The van der Waals surface area contributed by atoms with E-state index in [1.165, 1.54) is 11.2 Å².